The lowest BCUT2D eigenvalue weighted by atomic mass is 10.0. The molecule has 0 aromatic carbocycles. The molecule has 0 aliphatic carbocycles. The molecular formula is C10H14N2O2. The number of hydrogen-bond donors (Lipinski definition) is 1. The van der Waals surface area contributed by atoms with Crippen molar-refractivity contribution in [1.29, 1.82) is 0 Å². The van der Waals surface area contributed by atoms with Crippen LogP contribution in [-0.2, 0) is 4.79 Å². The Morgan fingerprint density at radius 1 is 1.71 bits per heavy atom. The summed E-state index contributed by atoms with van der Waals surface area (Å²) in [6, 6.07) is 0. The molecule has 1 unspecified atom stereocenters. The number of rotatable bonds is 5. The summed E-state index contributed by atoms with van der Waals surface area (Å²) in [6.45, 7) is 5.73. The lowest BCUT2D eigenvalue weighted by molar-refractivity contribution is -0.140. The zero-order chi connectivity index (χ0) is 10.6. The van der Waals surface area contributed by atoms with Crippen molar-refractivity contribution in [3.63, 3.8) is 0 Å². The predicted molar refractivity (Wildman–Crippen MR) is 53.6 cm³/mol. The van der Waals surface area contributed by atoms with Gasteiger partial charge < -0.3 is 9.67 Å². The van der Waals surface area contributed by atoms with Gasteiger partial charge in [-0.2, -0.15) is 0 Å². The summed E-state index contributed by atoms with van der Waals surface area (Å²) in [7, 11) is 0. The molecule has 1 N–H and O–H groups in total. The van der Waals surface area contributed by atoms with Crippen molar-refractivity contribution in [2.45, 2.75) is 19.8 Å². The van der Waals surface area contributed by atoms with E-state index in [-0.39, 0.29) is 0 Å². The zero-order valence-corrected chi connectivity index (χ0v) is 8.18. The molecule has 0 saturated carbocycles. The van der Waals surface area contributed by atoms with Crippen molar-refractivity contribution in [1.82, 2.24) is 9.55 Å². The highest BCUT2D eigenvalue weighted by atomic mass is 16.4. The molecule has 0 fully saturated rings. The number of carboxylic acids is 1. The maximum atomic E-state index is 10.9. The van der Waals surface area contributed by atoms with Crippen LogP contribution in [0.25, 0.3) is 5.70 Å². The summed E-state index contributed by atoms with van der Waals surface area (Å²) in [4.78, 5) is 14.8. The molecule has 4 nitrogen and oxygen atoms in total. The molecule has 0 amide bonds. The van der Waals surface area contributed by atoms with Gasteiger partial charge in [-0.25, -0.2) is 4.98 Å². The van der Waals surface area contributed by atoms with Crippen molar-refractivity contribution < 1.29 is 9.90 Å². The number of nitrogens with zero attached hydrogens (tertiary/aromatic N) is 2. The van der Waals surface area contributed by atoms with Crippen LogP contribution in [0.15, 0.2) is 25.3 Å². The molecule has 0 radical (unpaired) electrons. The summed E-state index contributed by atoms with van der Waals surface area (Å²) < 4.78 is 1.65. The van der Waals surface area contributed by atoms with Crippen LogP contribution in [0.5, 0.6) is 0 Å². The number of carboxylic acid groups (broad SMARTS) is 1. The van der Waals surface area contributed by atoms with Crippen molar-refractivity contribution in [2.75, 3.05) is 0 Å². The third-order valence-corrected chi connectivity index (χ3v) is 2.11. The highest BCUT2D eigenvalue weighted by Crippen LogP contribution is 2.19. The van der Waals surface area contributed by atoms with E-state index in [1.165, 1.54) is 0 Å². The molecule has 0 saturated heterocycles. The molecule has 1 rings (SSSR count). The maximum Gasteiger partial charge on any atom is 0.312 e. The van der Waals surface area contributed by atoms with Crippen molar-refractivity contribution >= 4 is 11.7 Å². The largest absolute Gasteiger partial charge is 0.481 e. The molecule has 0 aliphatic heterocycles. The van der Waals surface area contributed by atoms with Gasteiger partial charge in [0.05, 0.1) is 12.2 Å². The molecule has 0 spiro atoms. The number of hydrogen-bond acceptors (Lipinski definition) is 2. The Kier molecular flexibility index (Phi) is 3.45. The van der Waals surface area contributed by atoms with Crippen LogP contribution < -0.4 is 0 Å². The Morgan fingerprint density at radius 2 is 2.43 bits per heavy atom. The Hall–Kier alpha value is -1.58. The number of aliphatic carboxylic acids is 1. The van der Waals surface area contributed by atoms with Crippen LogP contribution in [0.1, 0.15) is 19.8 Å². The highest BCUT2D eigenvalue weighted by molar-refractivity contribution is 5.80. The molecule has 14 heavy (non-hydrogen) atoms. The van der Waals surface area contributed by atoms with E-state index in [1.54, 1.807) is 23.3 Å². The Balaban J connectivity index is 2.79. The molecule has 1 heterocycles. The average Bonchev–Trinajstić information content (AvgIpc) is 2.65. The van der Waals surface area contributed by atoms with Crippen LogP contribution in [0.4, 0.5) is 0 Å². The average molecular weight is 194 g/mol. The first kappa shape index (κ1) is 10.5. The maximum absolute atomic E-state index is 10.9. The summed E-state index contributed by atoms with van der Waals surface area (Å²) in [5.74, 6) is -1.35. The van der Waals surface area contributed by atoms with Gasteiger partial charge in [0.15, 0.2) is 0 Å². The third-order valence-electron chi connectivity index (χ3n) is 2.11. The lowest BCUT2D eigenvalue weighted by Gasteiger charge is -2.14. The topological polar surface area (TPSA) is 55.1 Å². The van der Waals surface area contributed by atoms with Crippen LogP contribution in [0.2, 0.25) is 0 Å². The van der Waals surface area contributed by atoms with E-state index in [9.17, 15) is 4.79 Å². The first-order valence-electron chi connectivity index (χ1n) is 4.56. The summed E-state index contributed by atoms with van der Waals surface area (Å²) in [5.41, 5.74) is 0.567. The van der Waals surface area contributed by atoms with E-state index in [4.69, 9.17) is 5.11 Å². The van der Waals surface area contributed by atoms with E-state index in [1.807, 2.05) is 6.92 Å². The first-order valence-corrected chi connectivity index (χ1v) is 4.56. The Morgan fingerprint density at radius 3 is 2.86 bits per heavy atom. The van der Waals surface area contributed by atoms with Crippen LogP contribution in [-0.4, -0.2) is 20.6 Å². The van der Waals surface area contributed by atoms with Gasteiger partial charge >= 0.3 is 5.97 Å². The molecule has 0 aliphatic rings. The lowest BCUT2D eigenvalue weighted by Crippen LogP contribution is -2.17. The monoisotopic (exact) mass is 194 g/mol. The van der Waals surface area contributed by atoms with E-state index in [2.05, 4.69) is 11.6 Å². The molecule has 0 bridgehead atoms. The van der Waals surface area contributed by atoms with Crippen molar-refractivity contribution in [3.8, 4) is 0 Å². The van der Waals surface area contributed by atoms with Gasteiger partial charge in [0.2, 0.25) is 0 Å². The summed E-state index contributed by atoms with van der Waals surface area (Å²) in [5, 5.41) is 8.98. The normalized spacial score (nSPS) is 12.4. The fraction of sp³-hybridized carbons (Fsp3) is 0.400. The SMILES string of the molecule is C=C(C(CCC)C(=O)O)n1ccnc1. The van der Waals surface area contributed by atoms with Crippen LogP contribution >= 0.6 is 0 Å². The predicted octanol–water partition coefficient (Wildman–Crippen LogP) is 1.85. The van der Waals surface area contributed by atoms with Crippen molar-refractivity contribution in [3.05, 3.63) is 25.3 Å². The minimum atomic E-state index is -0.828. The number of imidazole rings is 1. The molecule has 1 atom stereocenters. The second-order valence-electron chi connectivity index (χ2n) is 3.14. The summed E-state index contributed by atoms with van der Waals surface area (Å²) >= 11 is 0. The zero-order valence-electron chi connectivity index (χ0n) is 8.18. The van der Waals surface area contributed by atoms with Gasteiger partial charge in [-0.15, -0.1) is 0 Å². The van der Waals surface area contributed by atoms with Gasteiger partial charge in [0.1, 0.15) is 0 Å². The van der Waals surface area contributed by atoms with Crippen LogP contribution in [0, 0.1) is 5.92 Å². The quantitative estimate of drug-likeness (QED) is 0.778. The van der Waals surface area contributed by atoms with E-state index >= 15 is 0 Å². The smallest absolute Gasteiger partial charge is 0.312 e. The third kappa shape index (κ3) is 2.22. The van der Waals surface area contributed by atoms with Crippen LogP contribution in [0.3, 0.4) is 0 Å². The van der Waals surface area contributed by atoms with Gasteiger partial charge in [0, 0.05) is 18.1 Å². The van der Waals surface area contributed by atoms with Gasteiger partial charge in [0.25, 0.3) is 0 Å². The molecule has 1 aromatic rings. The molecule has 76 valence electrons. The Labute approximate surface area is 82.9 Å². The van der Waals surface area contributed by atoms with Crippen molar-refractivity contribution in [2.24, 2.45) is 5.92 Å². The van der Waals surface area contributed by atoms with E-state index < -0.39 is 11.9 Å². The molecular weight excluding hydrogens is 180 g/mol. The molecule has 4 heteroatoms. The minimum Gasteiger partial charge on any atom is -0.481 e. The van der Waals surface area contributed by atoms with Gasteiger partial charge in [-0.05, 0) is 6.42 Å². The van der Waals surface area contributed by atoms with Gasteiger partial charge in [-0.3, -0.25) is 4.79 Å². The highest BCUT2D eigenvalue weighted by Gasteiger charge is 2.20. The second kappa shape index (κ2) is 4.60. The van der Waals surface area contributed by atoms with E-state index in [0.29, 0.717) is 12.1 Å². The fourth-order valence-corrected chi connectivity index (χ4v) is 1.33. The Bertz CT molecular complexity index is 317. The minimum absolute atomic E-state index is 0.519. The molecule has 1 aromatic heterocycles. The second-order valence-corrected chi connectivity index (χ2v) is 3.14. The van der Waals surface area contributed by atoms with Gasteiger partial charge in [-0.1, -0.05) is 19.9 Å². The summed E-state index contributed by atoms with van der Waals surface area (Å²) in [6.07, 6.45) is 6.30. The standard InChI is InChI=1S/C10H14N2O2/c1-3-4-9(10(13)14)8(2)12-6-5-11-7-12/h5-7,9H,2-4H2,1H3,(H,13,14). The first-order chi connectivity index (χ1) is 6.66. The van der Waals surface area contributed by atoms with E-state index in [0.717, 1.165) is 6.42 Å². The number of carbonyl (C=O) groups is 1. The fourth-order valence-electron chi connectivity index (χ4n) is 1.33. The number of aromatic nitrogens is 2.